The number of thioether (sulfide) groups is 1. The van der Waals surface area contributed by atoms with Crippen LogP contribution in [0.5, 0.6) is 0 Å². The second-order valence-corrected chi connectivity index (χ2v) is 5.74. The Morgan fingerprint density at radius 1 is 1.16 bits per heavy atom. The Balaban J connectivity index is 2.15. The van der Waals surface area contributed by atoms with Crippen molar-refractivity contribution in [2.45, 2.75) is 11.8 Å². The van der Waals surface area contributed by atoms with E-state index in [1.165, 1.54) is 36.0 Å². The standard InChI is InChI=1S/C17H16N2O5S/c1-3-24-17(21)11-4-7-13(8-5-11)18-16(20)12-6-9-15(25-2)14(10-12)19(22)23/h4-10H,3H2,1-2H3,(H,18,20). The second-order valence-electron chi connectivity index (χ2n) is 4.90. The zero-order valence-electron chi connectivity index (χ0n) is 13.6. The van der Waals surface area contributed by atoms with Gasteiger partial charge in [0.05, 0.1) is 22.0 Å². The van der Waals surface area contributed by atoms with E-state index in [0.717, 1.165) is 0 Å². The van der Waals surface area contributed by atoms with Gasteiger partial charge in [-0.1, -0.05) is 0 Å². The minimum absolute atomic E-state index is 0.113. The molecule has 0 atom stereocenters. The second kappa shape index (κ2) is 8.29. The van der Waals surface area contributed by atoms with E-state index in [1.54, 1.807) is 31.4 Å². The van der Waals surface area contributed by atoms with Crippen molar-refractivity contribution in [1.82, 2.24) is 0 Å². The number of esters is 1. The van der Waals surface area contributed by atoms with Crippen molar-refractivity contribution in [1.29, 1.82) is 0 Å². The van der Waals surface area contributed by atoms with E-state index in [1.807, 2.05) is 0 Å². The summed E-state index contributed by atoms with van der Waals surface area (Å²) in [5.74, 6) is -0.914. The van der Waals surface area contributed by atoms with Gasteiger partial charge in [0, 0.05) is 17.3 Å². The minimum atomic E-state index is -0.517. The highest BCUT2D eigenvalue weighted by atomic mass is 32.2. The zero-order valence-corrected chi connectivity index (χ0v) is 14.5. The molecule has 25 heavy (non-hydrogen) atoms. The van der Waals surface area contributed by atoms with Crippen LogP contribution in [0.3, 0.4) is 0 Å². The molecule has 8 heteroatoms. The summed E-state index contributed by atoms with van der Waals surface area (Å²) in [4.78, 5) is 34.9. The van der Waals surface area contributed by atoms with Crippen molar-refractivity contribution < 1.29 is 19.2 Å². The normalized spacial score (nSPS) is 10.2. The summed E-state index contributed by atoms with van der Waals surface area (Å²) in [7, 11) is 0. The number of hydrogen-bond acceptors (Lipinski definition) is 6. The molecule has 0 radical (unpaired) electrons. The van der Waals surface area contributed by atoms with Crippen LogP contribution in [-0.4, -0.2) is 29.7 Å². The van der Waals surface area contributed by atoms with Gasteiger partial charge in [0.15, 0.2) is 0 Å². The quantitative estimate of drug-likeness (QED) is 0.365. The lowest BCUT2D eigenvalue weighted by Gasteiger charge is -2.07. The molecule has 0 fully saturated rings. The highest BCUT2D eigenvalue weighted by molar-refractivity contribution is 7.98. The predicted octanol–water partition coefficient (Wildman–Crippen LogP) is 3.75. The molecule has 1 N–H and O–H groups in total. The first-order valence-corrected chi connectivity index (χ1v) is 8.59. The monoisotopic (exact) mass is 360 g/mol. The molecule has 0 spiro atoms. The molecule has 0 unspecified atom stereocenters. The first-order valence-electron chi connectivity index (χ1n) is 7.37. The lowest BCUT2D eigenvalue weighted by Crippen LogP contribution is -2.12. The number of anilines is 1. The molecular weight excluding hydrogens is 344 g/mol. The topological polar surface area (TPSA) is 98.5 Å². The van der Waals surface area contributed by atoms with Crippen LogP contribution in [0.2, 0.25) is 0 Å². The maximum Gasteiger partial charge on any atom is 0.338 e. The van der Waals surface area contributed by atoms with Crippen LogP contribution >= 0.6 is 11.8 Å². The van der Waals surface area contributed by atoms with E-state index in [-0.39, 0.29) is 17.9 Å². The summed E-state index contributed by atoms with van der Waals surface area (Å²) in [5.41, 5.74) is 0.909. The number of nitro groups is 1. The van der Waals surface area contributed by atoms with Crippen LogP contribution in [0.1, 0.15) is 27.6 Å². The molecule has 0 heterocycles. The molecule has 0 aliphatic heterocycles. The Hall–Kier alpha value is -2.87. The van der Waals surface area contributed by atoms with Crippen molar-refractivity contribution >= 4 is 35.0 Å². The van der Waals surface area contributed by atoms with E-state index >= 15 is 0 Å². The average molecular weight is 360 g/mol. The van der Waals surface area contributed by atoms with Crippen LogP contribution in [-0.2, 0) is 4.74 Å². The molecule has 2 rings (SSSR count). The summed E-state index contributed by atoms with van der Waals surface area (Å²) in [6, 6.07) is 10.5. The Bertz CT molecular complexity index is 805. The van der Waals surface area contributed by atoms with E-state index in [4.69, 9.17) is 4.74 Å². The summed E-state index contributed by atoms with van der Waals surface area (Å²) < 4.78 is 4.88. The maximum absolute atomic E-state index is 12.3. The fourth-order valence-corrected chi connectivity index (χ4v) is 2.63. The Labute approximate surface area is 148 Å². The number of carbonyl (C=O) groups is 2. The van der Waals surface area contributed by atoms with E-state index in [0.29, 0.717) is 16.1 Å². The number of benzene rings is 2. The fraction of sp³-hybridized carbons (Fsp3) is 0.176. The van der Waals surface area contributed by atoms with Gasteiger partial charge in [-0.15, -0.1) is 11.8 Å². The number of amides is 1. The zero-order chi connectivity index (χ0) is 18.4. The first kappa shape index (κ1) is 18.5. The lowest BCUT2D eigenvalue weighted by atomic mass is 10.1. The predicted molar refractivity (Wildman–Crippen MR) is 95.2 cm³/mol. The third kappa shape index (κ3) is 4.57. The average Bonchev–Trinajstić information content (AvgIpc) is 2.61. The number of rotatable bonds is 6. The van der Waals surface area contributed by atoms with Gasteiger partial charge in [-0.3, -0.25) is 14.9 Å². The van der Waals surface area contributed by atoms with Crippen molar-refractivity contribution in [3.63, 3.8) is 0 Å². The molecule has 0 saturated carbocycles. The number of carbonyl (C=O) groups excluding carboxylic acids is 2. The third-order valence-corrected chi connectivity index (χ3v) is 4.08. The number of nitrogens with zero attached hydrogens (tertiary/aromatic N) is 1. The van der Waals surface area contributed by atoms with Gasteiger partial charge < -0.3 is 10.1 Å². The van der Waals surface area contributed by atoms with E-state index < -0.39 is 16.8 Å². The van der Waals surface area contributed by atoms with Crippen LogP contribution < -0.4 is 5.32 Å². The first-order chi connectivity index (χ1) is 12.0. The van der Waals surface area contributed by atoms with Crippen LogP contribution in [0.25, 0.3) is 0 Å². The van der Waals surface area contributed by atoms with Crippen LogP contribution in [0.4, 0.5) is 11.4 Å². The molecule has 0 aliphatic carbocycles. The molecular formula is C17H16N2O5S. The van der Waals surface area contributed by atoms with Crippen molar-refractivity contribution in [3.05, 3.63) is 63.7 Å². The van der Waals surface area contributed by atoms with Gasteiger partial charge in [0.25, 0.3) is 11.6 Å². The van der Waals surface area contributed by atoms with Gasteiger partial charge >= 0.3 is 5.97 Å². The Morgan fingerprint density at radius 2 is 1.80 bits per heavy atom. The summed E-state index contributed by atoms with van der Waals surface area (Å²) >= 11 is 1.24. The Morgan fingerprint density at radius 3 is 2.36 bits per heavy atom. The Kier molecular flexibility index (Phi) is 6.13. The fourth-order valence-electron chi connectivity index (χ4n) is 2.08. The summed E-state index contributed by atoms with van der Waals surface area (Å²) in [6.07, 6.45) is 1.73. The number of nitro benzene ring substituents is 1. The summed E-state index contributed by atoms with van der Waals surface area (Å²) in [6.45, 7) is 2.00. The molecule has 130 valence electrons. The van der Waals surface area contributed by atoms with Gasteiger partial charge in [0.2, 0.25) is 0 Å². The molecule has 0 bridgehead atoms. The maximum atomic E-state index is 12.3. The minimum Gasteiger partial charge on any atom is -0.462 e. The smallest absolute Gasteiger partial charge is 0.338 e. The largest absolute Gasteiger partial charge is 0.462 e. The molecule has 2 aromatic rings. The van der Waals surface area contributed by atoms with Crippen molar-refractivity contribution in [3.8, 4) is 0 Å². The van der Waals surface area contributed by atoms with Gasteiger partial charge in [-0.05, 0) is 49.6 Å². The van der Waals surface area contributed by atoms with E-state index in [2.05, 4.69) is 5.32 Å². The molecule has 0 aromatic heterocycles. The molecule has 7 nitrogen and oxygen atoms in total. The number of nitrogens with one attached hydrogen (secondary N) is 1. The van der Waals surface area contributed by atoms with Crippen LogP contribution in [0, 0.1) is 10.1 Å². The van der Waals surface area contributed by atoms with E-state index in [9.17, 15) is 19.7 Å². The van der Waals surface area contributed by atoms with Gasteiger partial charge in [0.1, 0.15) is 0 Å². The lowest BCUT2D eigenvalue weighted by molar-refractivity contribution is -0.387. The number of ether oxygens (including phenoxy) is 1. The highest BCUT2D eigenvalue weighted by Crippen LogP contribution is 2.28. The molecule has 1 amide bonds. The van der Waals surface area contributed by atoms with Crippen molar-refractivity contribution in [2.75, 3.05) is 18.2 Å². The highest BCUT2D eigenvalue weighted by Gasteiger charge is 2.17. The molecule has 2 aromatic carbocycles. The SMILES string of the molecule is CCOC(=O)c1ccc(NC(=O)c2ccc(SC)c([N+](=O)[O-])c2)cc1. The number of hydrogen-bond donors (Lipinski definition) is 1. The third-order valence-electron chi connectivity index (χ3n) is 3.29. The molecule has 0 aliphatic rings. The molecule has 0 saturated heterocycles. The van der Waals surface area contributed by atoms with Crippen LogP contribution in [0.15, 0.2) is 47.4 Å². The van der Waals surface area contributed by atoms with Crippen molar-refractivity contribution in [2.24, 2.45) is 0 Å². The van der Waals surface area contributed by atoms with Gasteiger partial charge in [-0.2, -0.15) is 0 Å². The summed E-state index contributed by atoms with van der Waals surface area (Å²) in [5, 5.41) is 13.7. The van der Waals surface area contributed by atoms with Gasteiger partial charge in [-0.25, -0.2) is 4.79 Å².